The molecule has 1 aromatic rings. The van der Waals surface area contributed by atoms with Crippen molar-refractivity contribution in [2.75, 3.05) is 0 Å². The second kappa shape index (κ2) is 4.18. The summed E-state index contributed by atoms with van der Waals surface area (Å²) in [6, 6.07) is 7.05. The van der Waals surface area contributed by atoms with Crippen LogP contribution >= 0.6 is 20.6 Å². The number of hydrogen-bond donors (Lipinski definition) is 0. The summed E-state index contributed by atoms with van der Waals surface area (Å²) in [7, 11) is 0. The van der Waals surface area contributed by atoms with Crippen molar-refractivity contribution in [2.45, 2.75) is 13.3 Å². The van der Waals surface area contributed by atoms with Crippen molar-refractivity contribution in [3.8, 4) is 0 Å². The van der Waals surface area contributed by atoms with E-state index in [4.69, 9.17) is 6.13 Å². The third-order valence-corrected chi connectivity index (χ3v) is 5.43. The fourth-order valence-corrected chi connectivity index (χ4v) is 4.40. The summed E-state index contributed by atoms with van der Waals surface area (Å²) >= 11 is -2.50. The molecule has 0 aromatic heterocycles. The number of hydrogen-bond acceptors (Lipinski definition) is 4. The molecule has 0 N–H and O–H groups in total. The van der Waals surface area contributed by atoms with Gasteiger partial charge in [0.2, 0.25) is 0 Å². The monoisotopic (exact) mass is 320 g/mol. The fraction of sp³-hybridized carbons (Fsp3) is 0.200. The summed E-state index contributed by atoms with van der Waals surface area (Å²) in [5, 5.41) is 0. The summed E-state index contributed by atoms with van der Waals surface area (Å²) in [6.07, 6.45) is 0.299. The van der Waals surface area contributed by atoms with Crippen LogP contribution in [0.3, 0.4) is 0 Å². The first-order valence-electron chi connectivity index (χ1n) is 4.45. The molecule has 0 amide bonds. The first kappa shape index (κ1) is 10.4. The van der Waals surface area contributed by atoms with Gasteiger partial charge in [-0.15, -0.1) is 0 Å². The molecule has 5 heteroatoms. The van der Waals surface area contributed by atoms with Crippen LogP contribution in [0.15, 0.2) is 24.3 Å². The number of fused-ring (bicyclic) bond motifs is 1. The molecule has 0 unspecified atom stereocenters. The van der Waals surface area contributed by atoms with Crippen molar-refractivity contribution < 1.29 is 15.7 Å². The van der Waals surface area contributed by atoms with E-state index in [-0.39, 0.29) is 11.9 Å². The molecular weight excluding hydrogens is 311 g/mol. The zero-order valence-corrected chi connectivity index (χ0v) is 10.2. The Morgan fingerprint density at radius 3 is 2.93 bits per heavy atom. The molecule has 0 fully saturated rings. The van der Waals surface area contributed by atoms with Gasteiger partial charge in [0, 0.05) is 0 Å². The van der Waals surface area contributed by atoms with Gasteiger partial charge in [0.05, 0.1) is 0 Å². The van der Waals surface area contributed by atoms with Gasteiger partial charge >= 0.3 is 95.1 Å². The van der Waals surface area contributed by atoms with Crippen molar-refractivity contribution in [3.63, 3.8) is 0 Å². The van der Waals surface area contributed by atoms with E-state index >= 15 is 0 Å². The standard InChI is InChI=1S/C10H9IO4/c1-2-9(12)14-11-8-6-4-3-5-7(8)10(13)15-11/h3-6H,2H2,1H3. The molecule has 2 rings (SSSR count). The van der Waals surface area contributed by atoms with Crippen LogP contribution in [0.5, 0.6) is 0 Å². The van der Waals surface area contributed by atoms with Gasteiger partial charge in [-0.05, 0) is 0 Å². The first-order chi connectivity index (χ1) is 7.22. The van der Waals surface area contributed by atoms with E-state index in [1.54, 1.807) is 25.1 Å². The fourth-order valence-electron chi connectivity index (χ4n) is 1.10. The second-order valence-corrected chi connectivity index (χ2v) is 6.15. The molecule has 1 aromatic carbocycles. The third-order valence-electron chi connectivity index (χ3n) is 1.84. The minimum atomic E-state index is -2.50. The van der Waals surface area contributed by atoms with Gasteiger partial charge in [-0.1, -0.05) is 0 Å². The molecule has 0 radical (unpaired) electrons. The number of carbonyl (C=O) groups excluding carboxylic acids is 2. The van der Waals surface area contributed by atoms with E-state index < -0.39 is 20.6 Å². The number of halogens is 1. The van der Waals surface area contributed by atoms with Crippen molar-refractivity contribution in [1.29, 1.82) is 0 Å². The van der Waals surface area contributed by atoms with Gasteiger partial charge < -0.3 is 0 Å². The van der Waals surface area contributed by atoms with Crippen LogP contribution in [-0.4, -0.2) is 11.9 Å². The Hall–Kier alpha value is -1.11. The second-order valence-electron chi connectivity index (χ2n) is 2.86. The van der Waals surface area contributed by atoms with Crippen LogP contribution in [0, 0.1) is 3.57 Å². The zero-order valence-electron chi connectivity index (χ0n) is 8.03. The molecule has 80 valence electrons. The summed E-state index contributed by atoms with van der Waals surface area (Å²) in [5.41, 5.74) is 0.534. The molecule has 15 heavy (non-hydrogen) atoms. The van der Waals surface area contributed by atoms with Crippen LogP contribution in [0.25, 0.3) is 0 Å². The maximum atomic E-state index is 11.4. The number of benzene rings is 1. The van der Waals surface area contributed by atoms with Gasteiger partial charge in [-0.3, -0.25) is 0 Å². The summed E-state index contributed by atoms with van der Waals surface area (Å²) in [6.45, 7) is 1.71. The van der Waals surface area contributed by atoms with Crippen LogP contribution in [0.1, 0.15) is 23.7 Å². The van der Waals surface area contributed by atoms with E-state index in [1.165, 1.54) is 0 Å². The Labute approximate surface area is 95.0 Å². The van der Waals surface area contributed by atoms with Crippen molar-refractivity contribution in [2.24, 2.45) is 0 Å². The average molecular weight is 320 g/mol. The van der Waals surface area contributed by atoms with E-state index in [0.29, 0.717) is 12.0 Å². The van der Waals surface area contributed by atoms with E-state index in [0.717, 1.165) is 3.57 Å². The molecule has 0 bridgehead atoms. The molecule has 1 aliphatic rings. The molecule has 1 heterocycles. The van der Waals surface area contributed by atoms with Gasteiger partial charge in [0.25, 0.3) is 0 Å². The molecule has 0 atom stereocenters. The Bertz CT molecular complexity index is 416. The van der Waals surface area contributed by atoms with Gasteiger partial charge in [-0.25, -0.2) is 0 Å². The quantitative estimate of drug-likeness (QED) is 0.785. The predicted molar refractivity (Wildman–Crippen MR) is 61.0 cm³/mol. The van der Waals surface area contributed by atoms with E-state index in [9.17, 15) is 9.59 Å². The maximum absolute atomic E-state index is 11.4. The normalized spacial score (nSPS) is 15.8. The van der Waals surface area contributed by atoms with Crippen molar-refractivity contribution >= 4 is 32.6 Å². The molecule has 4 nitrogen and oxygen atoms in total. The summed E-state index contributed by atoms with van der Waals surface area (Å²) in [5.74, 6) is -0.690. The Morgan fingerprint density at radius 2 is 2.20 bits per heavy atom. The Balaban J connectivity index is 2.25. The molecule has 1 aliphatic heterocycles. The molecular formula is C10H9IO4. The SMILES string of the molecule is CCC(=O)OI1OC(=O)c2ccccc21. The topological polar surface area (TPSA) is 52.6 Å². The molecule has 0 saturated heterocycles. The molecule has 0 aliphatic carbocycles. The molecule has 0 spiro atoms. The third kappa shape index (κ3) is 1.97. The van der Waals surface area contributed by atoms with Crippen molar-refractivity contribution in [1.82, 2.24) is 0 Å². The van der Waals surface area contributed by atoms with Gasteiger partial charge in [0.1, 0.15) is 0 Å². The first-order valence-corrected chi connectivity index (χ1v) is 7.29. The Kier molecular flexibility index (Phi) is 2.90. The van der Waals surface area contributed by atoms with Crippen LogP contribution in [-0.2, 0) is 10.9 Å². The summed E-state index contributed by atoms with van der Waals surface area (Å²) < 4.78 is 11.0. The van der Waals surface area contributed by atoms with Crippen LogP contribution < -0.4 is 0 Å². The van der Waals surface area contributed by atoms with E-state index in [1.807, 2.05) is 6.07 Å². The van der Waals surface area contributed by atoms with E-state index in [2.05, 4.69) is 0 Å². The average Bonchev–Trinajstić information content (AvgIpc) is 2.57. The van der Waals surface area contributed by atoms with Gasteiger partial charge in [-0.2, -0.15) is 0 Å². The predicted octanol–water partition coefficient (Wildman–Crippen LogP) is 2.32. The van der Waals surface area contributed by atoms with Crippen molar-refractivity contribution in [3.05, 3.63) is 33.4 Å². The molecule has 0 saturated carbocycles. The number of carbonyl (C=O) groups is 2. The van der Waals surface area contributed by atoms with Crippen LogP contribution in [0.2, 0.25) is 0 Å². The summed E-state index contributed by atoms with van der Waals surface area (Å²) in [4.78, 5) is 22.5. The number of rotatable bonds is 2. The zero-order chi connectivity index (χ0) is 10.8. The van der Waals surface area contributed by atoms with Gasteiger partial charge in [0.15, 0.2) is 0 Å². The van der Waals surface area contributed by atoms with Crippen LogP contribution in [0.4, 0.5) is 0 Å². The Morgan fingerprint density at radius 1 is 1.47 bits per heavy atom. The minimum absolute atomic E-state index is 0.299.